The number of hydrogen-bond donors (Lipinski definition) is 1. The first kappa shape index (κ1) is 19.9. The molecule has 1 saturated heterocycles. The molecule has 0 unspecified atom stereocenters. The lowest BCUT2D eigenvalue weighted by Crippen LogP contribution is -2.40. The Bertz CT molecular complexity index is 699. The molecule has 0 spiro atoms. The van der Waals surface area contributed by atoms with Gasteiger partial charge in [0.25, 0.3) is 0 Å². The summed E-state index contributed by atoms with van der Waals surface area (Å²) in [5.41, 5.74) is 1.11. The molecule has 0 aliphatic carbocycles. The molecular weight excluding hydrogens is 360 g/mol. The predicted molar refractivity (Wildman–Crippen MR) is 108 cm³/mol. The van der Waals surface area contributed by atoms with Gasteiger partial charge in [-0.25, -0.2) is 0 Å². The molecule has 146 valence electrons. The first-order chi connectivity index (χ1) is 13.2. The molecule has 1 fully saturated rings. The normalized spacial score (nSPS) is 16.6. The number of methoxy groups -OCH3 is 1. The van der Waals surface area contributed by atoms with E-state index in [2.05, 4.69) is 27.7 Å². The van der Waals surface area contributed by atoms with E-state index in [1.165, 1.54) is 4.88 Å². The highest BCUT2D eigenvalue weighted by molar-refractivity contribution is 7.09. The van der Waals surface area contributed by atoms with Crippen molar-refractivity contribution in [2.45, 2.75) is 31.9 Å². The van der Waals surface area contributed by atoms with E-state index in [0.29, 0.717) is 13.1 Å². The number of amides is 1. The van der Waals surface area contributed by atoms with Crippen molar-refractivity contribution >= 4 is 17.2 Å². The van der Waals surface area contributed by atoms with Crippen LogP contribution >= 0.6 is 11.3 Å². The maximum atomic E-state index is 12.5. The second-order valence-electron chi connectivity index (χ2n) is 6.80. The van der Waals surface area contributed by atoms with Crippen LogP contribution in [0.3, 0.4) is 0 Å². The van der Waals surface area contributed by atoms with Gasteiger partial charge >= 0.3 is 0 Å². The molecule has 27 heavy (non-hydrogen) atoms. The lowest BCUT2D eigenvalue weighted by atomic mass is 10.1. The van der Waals surface area contributed by atoms with Crippen LogP contribution in [0.25, 0.3) is 0 Å². The van der Waals surface area contributed by atoms with E-state index in [1.54, 1.807) is 18.4 Å². The zero-order valence-electron chi connectivity index (χ0n) is 15.9. The van der Waals surface area contributed by atoms with Crippen LogP contribution in [0.1, 0.15) is 23.3 Å². The van der Waals surface area contributed by atoms with E-state index < -0.39 is 0 Å². The summed E-state index contributed by atoms with van der Waals surface area (Å²) in [7, 11) is 1.67. The molecule has 0 bridgehead atoms. The molecule has 1 amide bonds. The van der Waals surface area contributed by atoms with Gasteiger partial charge in [-0.1, -0.05) is 24.3 Å². The molecule has 1 aromatic carbocycles. The number of carbonyl (C=O) groups is 1. The van der Waals surface area contributed by atoms with E-state index in [9.17, 15) is 4.79 Å². The van der Waals surface area contributed by atoms with Crippen molar-refractivity contribution < 1.29 is 14.3 Å². The Morgan fingerprint density at radius 2 is 2.22 bits per heavy atom. The number of nitrogens with one attached hydrogen (secondary N) is 1. The molecule has 0 saturated carbocycles. The van der Waals surface area contributed by atoms with E-state index in [4.69, 9.17) is 9.47 Å². The molecule has 3 rings (SSSR count). The highest BCUT2D eigenvalue weighted by Crippen LogP contribution is 2.18. The molecule has 1 aromatic heterocycles. The smallest absolute Gasteiger partial charge is 0.234 e. The molecule has 5 nitrogen and oxygen atoms in total. The Morgan fingerprint density at radius 1 is 1.33 bits per heavy atom. The fourth-order valence-electron chi connectivity index (χ4n) is 3.39. The number of ether oxygens (including phenoxy) is 2. The molecule has 2 aromatic rings. The Labute approximate surface area is 165 Å². The number of thiophene rings is 1. The van der Waals surface area contributed by atoms with E-state index >= 15 is 0 Å². The highest BCUT2D eigenvalue weighted by atomic mass is 32.1. The van der Waals surface area contributed by atoms with Crippen molar-refractivity contribution in [3.8, 4) is 5.75 Å². The summed E-state index contributed by atoms with van der Waals surface area (Å²) in [5, 5.41) is 5.12. The van der Waals surface area contributed by atoms with Crippen molar-refractivity contribution in [1.29, 1.82) is 0 Å². The first-order valence-electron chi connectivity index (χ1n) is 9.49. The van der Waals surface area contributed by atoms with Crippen LogP contribution in [0, 0.1) is 0 Å². The monoisotopic (exact) mass is 388 g/mol. The standard InChI is InChI=1S/C21H28N2O3S/c1-25-20-9-3-2-6-17(20)10-11-22-21(24)16-23(14-18-7-4-12-26-18)15-19-8-5-13-27-19/h2-3,5-6,8-9,13,18H,4,7,10-12,14-16H2,1H3,(H,22,24)/t18-/m0/s1. The quantitative estimate of drug-likeness (QED) is 0.680. The zero-order chi connectivity index (χ0) is 18.9. The van der Waals surface area contributed by atoms with Gasteiger partial charge < -0.3 is 14.8 Å². The van der Waals surface area contributed by atoms with Gasteiger partial charge in [-0.15, -0.1) is 11.3 Å². The molecule has 1 aliphatic heterocycles. The third-order valence-electron chi connectivity index (χ3n) is 4.72. The Hall–Kier alpha value is -1.89. The van der Waals surface area contributed by atoms with Crippen molar-refractivity contribution in [2.24, 2.45) is 0 Å². The van der Waals surface area contributed by atoms with Gasteiger partial charge in [-0.05, 0) is 42.3 Å². The van der Waals surface area contributed by atoms with Crippen LogP contribution in [0.2, 0.25) is 0 Å². The van der Waals surface area contributed by atoms with Crippen LogP contribution in [0.4, 0.5) is 0 Å². The maximum Gasteiger partial charge on any atom is 0.234 e. The summed E-state index contributed by atoms with van der Waals surface area (Å²) in [5.74, 6) is 0.920. The molecule has 1 aliphatic rings. The lowest BCUT2D eigenvalue weighted by Gasteiger charge is -2.24. The van der Waals surface area contributed by atoms with Crippen molar-refractivity contribution in [2.75, 3.05) is 33.4 Å². The summed E-state index contributed by atoms with van der Waals surface area (Å²) in [6.45, 7) is 3.42. The zero-order valence-corrected chi connectivity index (χ0v) is 16.7. The number of hydrogen-bond acceptors (Lipinski definition) is 5. The minimum absolute atomic E-state index is 0.0550. The Kier molecular flexibility index (Phi) is 7.68. The number of benzene rings is 1. The predicted octanol–water partition coefficient (Wildman–Crippen LogP) is 3.10. The maximum absolute atomic E-state index is 12.5. The molecule has 6 heteroatoms. The fraction of sp³-hybridized carbons (Fsp3) is 0.476. The Balaban J connectivity index is 1.48. The summed E-state index contributed by atoms with van der Waals surface area (Å²) in [6, 6.07) is 12.1. The largest absolute Gasteiger partial charge is 0.496 e. The lowest BCUT2D eigenvalue weighted by molar-refractivity contribution is -0.122. The van der Waals surface area contributed by atoms with E-state index in [0.717, 1.165) is 50.3 Å². The number of nitrogens with zero attached hydrogens (tertiary/aromatic N) is 1. The first-order valence-corrected chi connectivity index (χ1v) is 10.4. The van der Waals surface area contributed by atoms with Crippen molar-refractivity contribution in [1.82, 2.24) is 10.2 Å². The molecular formula is C21H28N2O3S. The van der Waals surface area contributed by atoms with Crippen molar-refractivity contribution in [3.05, 3.63) is 52.2 Å². The van der Waals surface area contributed by atoms with Crippen molar-refractivity contribution in [3.63, 3.8) is 0 Å². The van der Waals surface area contributed by atoms with Crippen LogP contribution in [-0.2, 0) is 22.5 Å². The number of rotatable bonds is 10. The summed E-state index contributed by atoms with van der Waals surface area (Å²) in [6.07, 6.45) is 3.19. The summed E-state index contributed by atoms with van der Waals surface area (Å²) >= 11 is 1.73. The van der Waals surface area contributed by atoms with Crippen LogP contribution in [0.5, 0.6) is 5.75 Å². The SMILES string of the molecule is COc1ccccc1CCNC(=O)CN(Cc1cccs1)C[C@@H]1CCCO1. The summed E-state index contributed by atoms with van der Waals surface area (Å²) < 4.78 is 11.1. The molecule has 1 N–H and O–H groups in total. The Morgan fingerprint density at radius 3 is 2.96 bits per heavy atom. The van der Waals surface area contributed by atoms with Gasteiger partial charge in [0.1, 0.15) is 5.75 Å². The summed E-state index contributed by atoms with van der Waals surface area (Å²) in [4.78, 5) is 15.9. The van der Waals surface area contributed by atoms with Crippen LogP contribution in [-0.4, -0.2) is 50.3 Å². The third kappa shape index (κ3) is 6.34. The molecule has 2 heterocycles. The minimum atomic E-state index is 0.0550. The number of carbonyl (C=O) groups excluding carboxylic acids is 1. The van der Waals surface area contributed by atoms with Gasteiger partial charge in [0.05, 0.1) is 19.8 Å². The fourth-order valence-corrected chi connectivity index (χ4v) is 4.14. The van der Waals surface area contributed by atoms with Gasteiger partial charge in [-0.2, -0.15) is 0 Å². The van der Waals surface area contributed by atoms with Gasteiger partial charge in [0.2, 0.25) is 5.91 Å². The molecule has 0 radical (unpaired) electrons. The minimum Gasteiger partial charge on any atom is -0.496 e. The van der Waals surface area contributed by atoms with E-state index in [1.807, 2.05) is 24.3 Å². The van der Waals surface area contributed by atoms with Crippen LogP contribution in [0.15, 0.2) is 41.8 Å². The van der Waals surface area contributed by atoms with Crippen LogP contribution < -0.4 is 10.1 Å². The third-order valence-corrected chi connectivity index (χ3v) is 5.58. The second kappa shape index (κ2) is 10.4. The highest BCUT2D eigenvalue weighted by Gasteiger charge is 2.21. The van der Waals surface area contributed by atoms with Gasteiger partial charge in [-0.3, -0.25) is 9.69 Å². The topological polar surface area (TPSA) is 50.8 Å². The second-order valence-corrected chi connectivity index (χ2v) is 7.83. The number of para-hydroxylation sites is 1. The molecule has 1 atom stereocenters. The van der Waals surface area contributed by atoms with Gasteiger partial charge in [0.15, 0.2) is 0 Å². The van der Waals surface area contributed by atoms with Gasteiger partial charge in [0, 0.05) is 31.1 Å². The average molecular weight is 389 g/mol. The average Bonchev–Trinajstić information content (AvgIpc) is 3.36. The van der Waals surface area contributed by atoms with E-state index in [-0.39, 0.29) is 12.0 Å².